The van der Waals surface area contributed by atoms with Crippen molar-refractivity contribution in [2.45, 2.75) is 13.0 Å². The second-order valence-corrected chi connectivity index (χ2v) is 8.54. The monoisotopic (exact) mass is 514 g/mol. The molecule has 0 aliphatic carbocycles. The highest BCUT2D eigenvalue weighted by Gasteiger charge is 2.23. The van der Waals surface area contributed by atoms with Crippen LogP contribution in [0, 0.1) is 0 Å². The van der Waals surface area contributed by atoms with Crippen molar-refractivity contribution in [3.63, 3.8) is 0 Å². The molecule has 3 aromatic carbocycles. The zero-order chi connectivity index (χ0) is 26.6. The second kappa shape index (κ2) is 10.7. The van der Waals surface area contributed by atoms with Crippen molar-refractivity contribution in [2.75, 3.05) is 32.8 Å². The van der Waals surface area contributed by atoms with Gasteiger partial charge in [0.2, 0.25) is 0 Å². The molecule has 1 aliphatic rings. The number of pyridine rings is 1. The average molecular weight is 515 g/mol. The summed E-state index contributed by atoms with van der Waals surface area (Å²) in [7, 11) is 3.11. The summed E-state index contributed by atoms with van der Waals surface area (Å²) in [6.45, 7) is 2.43. The quantitative estimate of drug-likeness (QED) is 0.348. The lowest BCUT2D eigenvalue weighted by molar-refractivity contribution is -0.123. The van der Waals surface area contributed by atoms with Gasteiger partial charge in [0.15, 0.2) is 29.1 Å². The maximum atomic E-state index is 13.3. The number of rotatable bonds is 7. The van der Waals surface area contributed by atoms with Crippen molar-refractivity contribution >= 4 is 28.5 Å². The van der Waals surface area contributed by atoms with Crippen molar-refractivity contribution in [3.05, 3.63) is 72.3 Å². The first-order chi connectivity index (χ1) is 18.5. The highest BCUT2D eigenvalue weighted by Crippen LogP contribution is 2.34. The fraction of sp³-hybridized carbons (Fsp3) is 0.207. The van der Waals surface area contributed by atoms with E-state index in [1.54, 1.807) is 56.7 Å². The number of nitrogens with one attached hydrogen (secondary N) is 1. The van der Waals surface area contributed by atoms with Crippen LogP contribution in [0.4, 0.5) is 5.69 Å². The van der Waals surface area contributed by atoms with Crippen LogP contribution in [0.1, 0.15) is 17.3 Å². The van der Waals surface area contributed by atoms with E-state index >= 15 is 0 Å². The van der Waals surface area contributed by atoms with Crippen LogP contribution in [0.2, 0.25) is 0 Å². The number of esters is 1. The van der Waals surface area contributed by atoms with Gasteiger partial charge in [-0.1, -0.05) is 18.2 Å². The predicted octanol–water partition coefficient (Wildman–Crippen LogP) is 4.87. The molecule has 1 aromatic heterocycles. The lowest BCUT2D eigenvalue weighted by Crippen LogP contribution is -2.30. The first-order valence-corrected chi connectivity index (χ1v) is 12.0. The van der Waals surface area contributed by atoms with E-state index in [4.69, 9.17) is 28.7 Å². The fourth-order valence-corrected chi connectivity index (χ4v) is 4.13. The molecule has 194 valence electrons. The molecular formula is C29H26N2O7. The molecule has 1 amide bonds. The van der Waals surface area contributed by atoms with Crippen LogP contribution in [-0.4, -0.2) is 50.4 Å². The maximum Gasteiger partial charge on any atom is 0.339 e. The van der Waals surface area contributed by atoms with Crippen molar-refractivity contribution < 1.29 is 33.3 Å². The second-order valence-electron chi connectivity index (χ2n) is 8.54. The number of hydrogen-bond acceptors (Lipinski definition) is 8. The molecule has 0 bridgehead atoms. The summed E-state index contributed by atoms with van der Waals surface area (Å²) in [5.74, 6) is 1.15. The smallest absolute Gasteiger partial charge is 0.339 e. The van der Waals surface area contributed by atoms with Gasteiger partial charge in [0.25, 0.3) is 5.91 Å². The minimum Gasteiger partial charge on any atom is -0.493 e. The average Bonchev–Trinajstić information content (AvgIpc) is 2.95. The summed E-state index contributed by atoms with van der Waals surface area (Å²) < 4.78 is 27.4. The van der Waals surface area contributed by atoms with Gasteiger partial charge in [0, 0.05) is 22.7 Å². The van der Waals surface area contributed by atoms with Crippen LogP contribution < -0.4 is 24.3 Å². The number of para-hydroxylation sites is 1. The number of anilines is 1. The number of ether oxygens (including phenoxy) is 5. The topological polar surface area (TPSA) is 105 Å². The van der Waals surface area contributed by atoms with E-state index in [1.807, 2.05) is 24.3 Å². The van der Waals surface area contributed by atoms with Gasteiger partial charge in [-0.15, -0.1) is 0 Å². The zero-order valence-corrected chi connectivity index (χ0v) is 21.1. The SMILES string of the molecule is COc1ccc(-c2cc(C(=O)O[C@@H](C)C(=O)Nc3ccc4c(c3)OCCO4)c3ccccc3n2)cc1OC. The van der Waals surface area contributed by atoms with Crippen LogP contribution >= 0.6 is 0 Å². The number of nitrogens with zero attached hydrogens (tertiary/aromatic N) is 1. The first-order valence-electron chi connectivity index (χ1n) is 12.0. The lowest BCUT2D eigenvalue weighted by Gasteiger charge is -2.19. The molecule has 0 radical (unpaired) electrons. The Balaban J connectivity index is 1.39. The number of carbonyl (C=O) groups excluding carboxylic acids is 2. The third-order valence-electron chi connectivity index (χ3n) is 6.08. The van der Waals surface area contributed by atoms with Crippen LogP contribution in [0.15, 0.2) is 66.7 Å². The molecule has 1 aliphatic heterocycles. The highest BCUT2D eigenvalue weighted by molar-refractivity contribution is 6.06. The van der Waals surface area contributed by atoms with Crippen molar-refractivity contribution in [1.82, 2.24) is 4.98 Å². The van der Waals surface area contributed by atoms with Crippen LogP contribution in [0.25, 0.3) is 22.2 Å². The zero-order valence-electron chi connectivity index (χ0n) is 21.1. The molecule has 0 saturated carbocycles. The summed E-state index contributed by atoms with van der Waals surface area (Å²) in [6, 6.07) is 19.4. The van der Waals surface area contributed by atoms with Gasteiger partial charge in [-0.3, -0.25) is 4.79 Å². The third kappa shape index (κ3) is 5.04. The minimum absolute atomic E-state index is 0.291. The molecule has 9 nitrogen and oxygen atoms in total. The van der Waals surface area contributed by atoms with E-state index in [0.717, 1.165) is 5.56 Å². The van der Waals surface area contributed by atoms with E-state index in [0.29, 0.717) is 64.1 Å². The van der Waals surface area contributed by atoms with Gasteiger partial charge in [0.1, 0.15) is 13.2 Å². The number of methoxy groups -OCH3 is 2. The normalized spacial score (nSPS) is 12.9. The molecule has 1 atom stereocenters. The largest absolute Gasteiger partial charge is 0.493 e. The summed E-state index contributed by atoms with van der Waals surface area (Å²) in [4.78, 5) is 30.9. The number of fused-ring (bicyclic) bond motifs is 2. The lowest BCUT2D eigenvalue weighted by atomic mass is 10.0. The van der Waals surface area contributed by atoms with E-state index in [2.05, 4.69) is 5.32 Å². The molecule has 1 N–H and O–H groups in total. The number of carbonyl (C=O) groups is 2. The molecule has 5 rings (SSSR count). The summed E-state index contributed by atoms with van der Waals surface area (Å²) in [6.07, 6.45) is -1.06. The molecule has 4 aromatic rings. The number of aromatic nitrogens is 1. The predicted molar refractivity (Wildman–Crippen MR) is 141 cm³/mol. The van der Waals surface area contributed by atoms with Crippen LogP contribution in [0.3, 0.4) is 0 Å². The molecule has 2 heterocycles. The molecule has 0 spiro atoms. The molecule has 38 heavy (non-hydrogen) atoms. The molecule has 0 unspecified atom stereocenters. The standard InChI is InChI=1S/C29H26N2O7/c1-17(28(32)30-19-9-11-25-27(15-19)37-13-12-36-25)38-29(33)21-16-23(31-22-7-5-4-6-20(21)22)18-8-10-24(34-2)26(14-18)35-3/h4-11,14-17H,12-13H2,1-3H3,(H,30,32)/t17-/m0/s1. The summed E-state index contributed by atoms with van der Waals surface area (Å²) in [5.41, 5.74) is 2.68. The van der Waals surface area contributed by atoms with Gasteiger partial charge < -0.3 is 29.0 Å². The Morgan fingerprint density at radius 3 is 2.45 bits per heavy atom. The fourth-order valence-electron chi connectivity index (χ4n) is 4.13. The van der Waals surface area contributed by atoms with Gasteiger partial charge >= 0.3 is 5.97 Å². The van der Waals surface area contributed by atoms with Gasteiger partial charge in [-0.2, -0.15) is 0 Å². The number of amides is 1. The maximum absolute atomic E-state index is 13.3. The van der Waals surface area contributed by atoms with E-state index in [9.17, 15) is 9.59 Å². The van der Waals surface area contributed by atoms with E-state index in [1.165, 1.54) is 6.92 Å². The van der Waals surface area contributed by atoms with Crippen molar-refractivity contribution in [2.24, 2.45) is 0 Å². The van der Waals surface area contributed by atoms with Crippen molar-refractivity contribution in [1.29, 1.82) is 0 Å². The Labute approximate surface area is 219 Å². The van der Waals surface area contributed by atoms with Crippen molar-refractivity contribution in [3.8, 4) is 34.3 Å². The Morgan fingerprint density at radius 2 is 1.66 bits per heavy atom. The van der Waals surface area contributed by atoms with Gasteiger partial charge in [-0.25, -0.2) is 9.78 Å². The minimum atomic E-state index is -1.06. The molecule has 0 saturated heterocycles. The van der Waals surface area contributed by atoms with Crippen LogP contribution in [0.5, 0.6) is 23.0 Å². The first kappa shape index (κ1) is 24.9. The number of hydrogen-bond donors (Lipinski definition) is 1. The van der Waals surface area contributed by atoms with Gasteiger partial charge in [0.05, 0.1) is 31.0 Å². The number of benzene rings is 3. The Kier molecular flexibility index (Phi) is 6.99. The van der Waals surface area contributed by atoms with Crippen LogP contribution in [-0.2, 0) is 9.53 Å². The Morgan fingerprint density at radius 1 is 0.895 bits per heavy atom. The third-order valence-corrected chi connectivity index (χ3v) is 6.08. The Bertz CT molecular complexity index is 1520. The molecular weight excluding hydrogens is 488 g/mol. The Hall–Kier alpha value is -4.79. The molecule has 9 heteroatoms. The molecule has 0 fully saturated rings. The highest BCUT2D eigenvalue weighted by atomic mass is 16.6. The summed E-state index contributed by atoms with van der Waals surface area (Å²) >= 11 is 0. The summed E-state index contributed by atoms with van der Waals surface area (Å²) in [5, 5.41) is 3.37. The van der Waals surface area contributed by atoms with E-state index < -0.39 is 18.0 Å². The van der Waals surface area contributed by atoms with Gasteiger partial charge in [-0.05, 0) is 49.4 Å². The van der Waals surface area contributed by atoms with E-state index in [-0.39, 0.29) is 0 Å².